The van der Waals surface area contributed by atoms with Crippen LogP contribution in [-0.2, 0) is 5.41 Å². The van der Waals surface area contributed by atoms with Crippen molar-refractivity contribution in [1.82, 2.24) is 9.97 Å². The number of hydrogen-bond donors (Lipinski definition) is 0. The smallest absolute Gasteiger partial charge is 0.162 e. The minimum Gasteiger partial charge on any atom is -0.315 e. The van der Waals surface area contributed by atoms with Gasteiger partial charge in [0.05, 0.1) is 6.20 Å². The number of para-hydroxylation sites is 2. The number of hydrogen-bond acceptors (Lipinski definition) is 4. The normalized spacial score (nSPS) is 26.9. The molecule has 3 unspecified atom stereocenters. The van der Waals surface area contributed by atoms with Crippen LogP contribution in [-0.4, -0.2) is 16.1 Å². The second-order valence-electron chi connectivity index (χ2n) is 9.11. The van der Waals surface area contributed by atoms with Crippen LogP contribution in [0, 0.1) is 12.3 Å². The van der Waals surface area contributed by atoms with Gasteiger partial charge in [-0.1, -0.05) is 64.1 Å². The van der Waals surface area contributed by atoms with Crippen LogP contribution < -0.4 is 9.80 Å². The van der Waals surface area contributed by atoms with Crippen molar-refractivity contribution in [3.63, 3.8) is 0 Å². The van der Waals surface area contributed by atoms with Gasteiger partial charge in [-0.2, -0.15) is 0 Å². The molecule has 0 amide bonds. The lowest BCUT2D eigenvalue weighted by molar-refractivity contribution is 0.0964. The molecule has 3 atom stereocenters. The molecule has 0 saturated heterocycles. The highest BCUT2D eigenvalue weighted by atomic mass is 15.5. The molecule has 0 saturated carbocycles. The molecular formula is C26H30N4. The van der Waals surface area contributed by atoms with Crippen LogP contribution in [0.25, 0.3) is 0 Å². The Kier molecular flexibility index (Phi) is 4.18. The fourth-order valence-corrected chi connectivity index (χ4v) is 5.86. The average Bonchev–Trinajstić information content (AvgIpc) is 3.13. The zero-order valence-corrected chi connectivity index (χ0v) is 18.6. The molecule has 4 nitrogen and oxygen atoms in total. The van der Waals surface area contributed by atoms with E-state index in [9.17, 15) is 0 Å². The summed E-state index contributed by atoms with van der Waals surface area (Å²) in [7, 11) is 0. The molecule has 1 aromatic heterocycles. The molecule has 2 aromatic carbocycles. The van der Waals surface area contributed by atoms with Crippen molar-refractivity contribution in [1.29, 1.82) is 0 Å². The van der Waals surface area contributed by atoms with E-state index in [2.05, 4.69) is 97.9 Å². The van der Waals surface area contributed by atoms with E-state index in [0.29, 0.717) is 0 Å². The molecule has 2 aliphatic heterocycles. The van der Waals surface area contributed by atoms with Crippen molar-refractivity contribution in [3.05, 3.63) is 72.2 Å². The maximum atomic E-state index is 4.79. The van der Waals surface area contributed by atoms with E-state index in [1.54, 1.807) is 6.33 Å². The summed E-state index contributed by atoms with van der Waals surface area (Å²) in [5, 5.41) is 0. The third-order valence-electron chi connectivity index (χ3n) is 8.05. The summed E-state index contributed by atoms with van der Waals surface area (Å²) >= 11 is 0. The monoisotopic (exact) mass is 398 g/mol. The fourth-order valence-electron chi connectivity index (χ4n) is 5.86. The second kappa shape index (κ2) is 6.56. The molecule has 154 valence electrons. The highest BCUT2D eigenvalue weighted by Gasteiger charge is 2.60. The number of aromatic nitrogens is 2. The number of fused-ring (bicyclic) bond motifs is 5. The molecule has 5 rings (SSSR count). The highest BCUT2D eigenvalue weighted by Crippen LogP contribution is 2.63. The third-order valence-corrected chi connectivity index (χ3v) is 8.05. The molecule has 30 heavy (non-hydrogen) atoms. The first kappa shape index (κ1) is 19.1. The van der Waals surface area contributed by atoms with Crippen molar-refractivity contribution in [3.8, 4) is 0 Å². The van der Waals surface area contributed by atoms with Gasteiger partial charge in [-0.15, -0.1) is 0 Å². The third kappa shape index (κ3) is 2.22. The summed E-state index contributed by atoms with van der Waals surface area (Å²) in [6.07, 6.45) is 5.94. The van der Waals surface area contributed by atoms with Crippen LogP contribution in [0.4, 0.5) is 22.9 Å². The first-order chi connectivity index (χ1) is 14.5. The largest absolute Gasteiger partial charge is 0.315 e. The first-order valence-electron chi connectivity index (χ1n) is 11.0. The summed E-state index contributed by atoms with van der Waals surface area (Å²) in [4.78, 5) is 14.2. The van der Waals surface area contributed by atoms with Crippen molar-refractivity contribution >= 4 is 22.9 Å². The Morgan fingerprint density at radius 1 is 0.867 bits per heavy atom. The lowest BCUT2D eigenvalue weighted by atomic mass is 9.55. The minimum atomic E-state index is -0.000908. The molecule has 3 heterocycles. The number of aryl methyl sites for hydroxylation is 1. The maximum Gasteiger partial charge on any atom is 0.162 e. The Hall–Kier alpha value is -2.88. The van der Waals surface area contributed by atoms with E-state index in [0.717, 1.165) is 24.3 Å². The second-order valence-corrected chi connectivity index (χ2v) is 9.11. The number of anilines is 4. The lowest BCUT2D eigenvalue weighted by Crippen LogP contribution is -2.62. The van der Waals surface area contributed by atoms with Gasteiger partial charge in [-0.3, -0.25) is 0 Å². The molecule has 0 N–H and O–H groups in total. The number of nitrogens with zero attached hydrogens (tertiary/aromatic N) is 4. The summed E-state index contributed by atoms with van der Waals surface area (Å²) < 4.78 is 0. The highest BCUT2D eigenvalue weighted by molar-refractivity contribution is 5.88. The first-order valence-corrected chi connectivity index (χ1v) is 11.0. The Bertz CT molecular complexity index is 1110. The predicted molar refractivity (Wildman–Crippen MR) is 124 cm³/mol. The van der Waals surface area contributed by atoms with Gasteiger partial charge in [0, 0.05) is 22.2 Å². The van der Waals surface area contributed by atoms with Gasteiger partial charge in [0.1, 0.15) is 18.2 Å². The standard InChI is InChI=1S/C26H30N4/c1-6-25(4)19-13-9-11-15-21(19)30-23-22(16-27-17-28-23)29(24(30)26(25,5)7-2)20-14-10-8-12-18(20)3/h8-17,24H,6-7H2,1-5H3. The van der Waals surface area contributed by atoms with Gasteiger partial charge in [0.25, 0.3) is 0 Å². The molecule has 3 aromatic rings. The zero-order valence-electron chi connectivity index (χ0n) is 18.6. The van der Waals surface area contributed by atoms with E-state index in [1.165, 1.54) is 22.5 Å². The van der Waals surface area contributed by atoms with E-state index in [-0.39, 0.29) is 17.0 Å². The van der Waals surface area contributed by atoms with Crippen molar-refractivity contribution in [2.45, 2.75) is 59.0 Å². The van der Waals surface area contributed by atoms with E-state index < -0.39 is 0 Å². The fraction of sp³-hybridized carbons (Fsp3) is 0.385. The van der Waals surface area contributed by atoms with Crippen LogP contribution in [0.5, 0.6) is 0 Å². The van der Waals surface area contributed by atoms with Crippen LogP contribution in [0.3, 0.4) is 0 Å². The van der Waals surface area contributed by atoms with Crippen molar-refractivity contribution in [2.75, 3.05) is 9.80 Å². The SMILES string of the molecule is CCC1(C)c2ccccc2N2c3ncncc3N(c3ccccc3C)C2C1(C)CC. The van der Waals surface area contributed by atoms with E-state index in [4.69, 9.17) is 4.98 Å². The predicted octanol–water partition coefficient (Wildman–Crippen LogP) is 6.50. The van der Waals surface area contributed by atoms with E-state index >= 15 is 0 Å². The van der Waals surface area contributed by atoms with Crippen LogP contribution >= 0.6 is 0 Å². The summed E-state index contributed by atoms with van der Waals surface area (Å²) in [5.41, 5.74) is 6.32. The van der Waals surface area contributed by atoms with Gasteiger partial charge in [0.15, 0.2) is 5.82 Å². The molecule has 0 fully saturated rings. The summed E-state index contributed by atoms with van der Waals surface area (Å²) in [6.45, 7) is 11.8. The van der Waals surface area contributed by atoms with Crippen LogP contribution in [0.1, 0.15) is 51.7 Å². The molecule has 0 spiro atoms. The van der Waals surface area contributed by atoms with Gasteiger partial charge >= 0.3 is 0 Å². The minimum absolute atomic E-state index is 0.000908. The Balaban J connectivity index is 1.87. The molecule has 2 aliphatic rings. The Morgan fingerprint density at radius 2 is 1.57 bits per heavy atom. The Morgan fingerprint density at radius 3 is 2.27 bits per heavy atom. The molecule has 0 bridgehead atoms. The zero-order chi connectivity index (χ0) is 21.1. The van der Waals surface area contributed by atoms with Crippen molar-refractivity contribution in [2.24, 2.45) is 5.41 Å². The summed E-state index contributed by atoms with van der Waals surface area (Å²) in [5.74, 6) is 1.00. The van der Waals surface area contributed by atoms with Gasteiger partial charge in [0.2, 0.25) is 0 Å². The van der Waals surface area contributed by atoms with Crippen molar-refractivity contribution < 1.29 is 0 Å². The summed E-state index contributed by atoms with van der Waals surface area (Å²) in [6, 6.07) is 17.6. The Labute approximate surface area is 179 Å². The molecule has 4 heteroatoms. The molecule has 0 radical (unpaired) electrons. The lowest BCUT2D eigenvalue weighted by Gasteiger charge is -2.59. The molecule has 0 aliphatic carbocycles. The van der Waals surface area contributed by atoms with Gasteiger partial charge in [-0.05, 0) is 43.0 Å². The van der Waals surface area contributed by atoms with Gasteiger partial charge in [-0.25, -0.2) is 9.97 Å². The maximum absolute atomic E-state index is 4.79. The average molecular weight is 399 g/mol. The molecular weight excluding hydrogens is 368 g/mol. The van der Waals surface area contributed by atoms with Crippen LogP contribution in [0.15, 0.2) is 61.1 Å². The topological polar surface area (TPSA) is 32.3 Å². The quantitative estimate of drug-likeness (QED) is 0.504. The van der Waals surface area contributed by atoms with Gasteiger partial charge < -0.3 is 9.80 Å². The number of rotatable bonds is 3. The number of benzene rings is 2. The van der Waals surface area contributed by atoms with Crippen LogP contribution in [0.2, 0.25) is 0 Å². The van der Waals surface area contributed by atoms with E-state index in [1.807, 2.05) is 6.20 Å².